The van der Waals surface area contributed by atoms with Gasteiger partial charge in [0.25, 0.3) is 0 Å². The first-order valence-corrected chi connectivity index (χ1v) is 10.1. The predicted molar refractivity (Wildman–Crippen MR) is 107 cm³/mol. The van der Waals surface area contributed by atoms with Gasteiger partial charge in [-0.25, -0.2) is 4.98 Å². The minimum atomic E-state index is 0.806. The van der Waals surface area contributed by atoms with E-state index in [0.29, 0.717) is 0 Å². The molecule has 1 aliphatic heterocycles. The molecule has 0 amide bonds. The molecule has 26 heavy (non-hydrogen) atoms. The fraction of sp³-hybridized carbons (Fsp3) is 0.545. The van der Waals surface area contributed by atoms with E-state index < -0.39 is 0 Å². The lowest BCUT2D eigenvalue weighted by atomic mass is 9.86. The van der Waals surface area contributed by atoms with Gasteiger partial charge >= 0.3 is 0 Å². The smallest absolute Gasteiger partial charge is 0.129 e. The third kappa shape index (κ3) is 4.24. The van der Waals surface area contributed by atoms with E-state index in [0.717, 1.165) is 44.3 Å². The fourth-order valence-corrected chi connectivity index (χ4v) is 4.26. The molecule has 1 aliphatic carbocycles. The summed E-state index contributed by atoms with van der Waals surface area (Å²) in [4.78, 5) is 14.2. The molecule has 138 valence electrons. The maximum absolute atomic E-state index is 5.09. The highest BCUT2D eigenvalue weighted by molar-refractivity contribution is 5.66. The zero-order chi connectivity index (χ0) is 17.8. The van der Waals surface area contributed by atoms with Crippen molar-refractivity contribution < 1.29 is 0 Å². The van der Waals surface area contributed by atoms with E-state index in [1.54, 1.807) is 0 Å². The normalized spacial score (nSPS) is 19.7. The van der Waals surface area contributed by atoms with Crippen LogP contribution in [0.4, 0.5) is 5.82 Å². The second-order valence-electron chi connectivity index (χ2n) is 7.95. The number of likely N-dealkylation sites (N-methyl/N-ethyl adjacent to an activating group) is 1. The Morgan fingerprint density at radius 3 is 2.54 bits per heavy atom. The van der Waals surface area contributed by atoms with Gasteiger partial charge in [0, 0.05) is 49.8 Å². The molecule has 2 aliphatic rings. The number of pyridine rings is 2. The highest BCUT2D eigenvalue weighted by Gasteiger charge is 2.19. The van der Waals surface area contributed by atoms with Crippen molar-refractivity contribution in [2.75, 3.05) is 38.1 Å². The summed E-state index contributed by atoms with van der Waals surface area (Å²) >= 11 is 0. The Morgan fingerprint density at radius 1 is 1.00 bits per heavy atom. The molecule has 0 unspecified atom stereocenters. The first kappa shape index (κ1) is 17.5. The molecule has 0 bridgehead atoms. The molecule has 0 radical (unpaired) electrons. The molecule has 4 rings (SSSR count). The van der Waals surface area contributed by atoms with Crippen molar-refractivity contribution in [1.82, 2.24) is 14.9 Å². The van der Waals surface area contributed by atoms with Crippen molar-refractivity contribution in [3.63, 3.8) is 0 Å². The average molecular weight is 351 g/mol. The topological polar surface area (TPSA) is 32.3 Å². The Hall–Kier alpha value is -1.94. The summed E-state index contributed by atoms with van der Waals surface area (Å²) in [7, 11) is 2.20. The van der Waals surface area contributed by atoms with Crippen LogP contribution in [0.1, 0.15) is 37.8 Å². The Labute approximate surface area is 157 Å². The standard InChI is InChI=1S/C22H30N4/c1-25-10-12-26(13-11-25)22-16-20(19-8-5-9-23-17-19)15-21(24-22)14-18-6-3-2-4-7-18/h5,8-9,15-18H,2-4,6-7,10-14H2,1H3. The molecule has 0 atom stereocenters. The summed E-state index contributed by atoms with van der Waals surface area (Å²) in [6.07, 6.45) is 11.8. The van der Waals surface area contributed by atoms with Crippen LogP contribution in [0.25, 0.3) is 11.1 Å². The van der Waals surface area contributed by atoms with Gasteiger partial charge < -0.3 is 9.80 Å². The van der Waals surface area contributed by atoms with Crippen molar-refractivity contribution in [2.45, 2.75) is 38.5 Å². The van der Waals surface area contributed by atoms with Crippen LogP contribution < -0.4 is 4.90 Å². The largest absolute Gasteiger partial charge is 0.354 e. The van der Waals surface area contributed by atoms with E-state index >= 15 is 0 Å². The molecule has 1 saturated carbocycles. The molecular weight excluding hydrogens is 320 g/mol. The number of piperazine rings is 1. The lowest BCUT2D eigenvalue weighted by Crippen LogP contribution is -2.44. The summed E-state index contributed by atoms with van der Waals surface area (Å²) < 4.78 is 0. The average Bonchev–Trinajstić information content (AvgIpc) is 2.70. The van der Waals surface area contributed by atoms with Gasteiger partial charge in [-0.05, 0) is 43.1 Å². The molecular formula is C22H30N4. The van der Waals surface area contributed by atoms with Crippen LogP contribution in [-0.4, -0.2) is 48.1 Å². The monoisotopic (exact) mass is 350 g/mol. The van der Waals surface area contributed by atoms with E-state index in [1.807, 2.05) is 18.5 Å². The minimum Gasteiger partial charge on any atom is -0.354 e. The number of hydrogen-bond donors (Lipinski definition) is 0. The molecule has 4 heteroatoms. The van der Waals surface area contributed by atoms with E-state index in [-0.39, 0.29) is 0 Å². The molecule has 2 aromatic heterocycles. The third-order valence-corrected chi connectivity index (χ3v) is 5.91. The highest BCUT2D eigenvalue weighted by atomic mass is 15.3. The SMILES string of the molecule is CN1CCN(c2cc(-c3cccnc3)cc(CC3CCCCC3)n2)CC1. The molecule has 1 saturated heterocycles. The number of nitrogens with zero attached hydrogens (tertiary/aromatic N) is 4. The van der Waals surface area contributed by atoms with E-state index in [2.05, 4.69) is 40.0 Å². The van der Waals surface area contributed by atoms with Crippen molar-refractivity contribution in [2.24, 2.45) is 5.92 Å². The van der Waals surface area contributed by atoms with Gasteiger partial charge in [0.1, 0.15) is 5.82 Å². The number of hydrogen-bond acceptors (Lipinski definition) is 4. The number of aromatic nitrogens is 2. The molecule has 3 heterocycles. The second-order valence-corrected chi connectivity index (χ2v) is 7.95. The number of anilines is 1. The first-order valence-electron chi connectivity index (χ1n) is 10.1. The van der Waals surface area contributed by atoms with Crippen molar-refractivity contribution in [3.05, 3.63) is 42.4 Å². The van der Waals surface area contributed by atoms with Crippen LogP contribution in [0.3, 0.4) is 0 Å². The summed E-state index contributed by atoms with van der Waals surface area (Å²) in [5, 5.41) is 0. The van der Waals surface area contributed by atoms with Gasteiger partial charge in [0.15, 0.2) is 0 Å². The molecule has 4 nitrogen and oxygen atoms in total. The van der Waals surface area contributed by atoms with Gasteiger partial charge in [0.05, 0.1) is 0 Å². The van der Waals surface area contributed by atoms with E-state index in [4.69, 9.17) is 4.98 Å². The Balaban J connectivity index is 1.62. The maximum atomic E-state index is 5.09. The van der Waals surface area contributed by atoms with E-state index in [1.165, 1.54) is 48.9 Å². The number of rotatable bonds is 4. The first-order chi connectivity index (χ1) is 12.8. The molecule has 0 N–H and O–H groups in total. The van der Waals surface area contributed by atoms with Crippen LogP contribution in [-0.2, 0) is 6.42 Å². The zero-order valence-corrected chi connectivity index (χ0v) is 15.9. The fourth-order valence-electron chi connectivity index (χ4n) is 4.26. The zero-order valence-electron chi connectivity index (χ0n) is 15.9. The lowest BCUT2D eigenvalue weighted by Gasteiger charge is -2.33. The Morgan fingerprint density at radius 2 is 1.81 bits per heavy atom. The summed E-state index contributed by atoms with van der Waals surface area (Å²) in [6.45, 7) is 4.33. The van der Waals surface area contributed by atoms with Crippen molar-refractivity contribution in [1.29, 1.82) is 0 Å². The van der Waals surface area contributed by atoms with Gasteiger partial charge in [-0.1, -0.05) is 38.2 Å². The third-order valence-electron chi connectivity index (χ3n) is 5.91. The van der Waals surface area contributed by atoms with Crippen LogP contribution in [0.5, 0.6) is 0 Å². The van der Waals surface area contributed by atoms with E-state index in [9.17, 15) is 0 Å². The summed E-state index contributed by atoms with van der Waals surface area (Å²) in [5.74, 6) is 1.95. The molecule has 0 aromatic carbocycles. The van der Waals surface area contributed by atoms with Gasteiger partial charge in [-0.2, -0.15) is 0 Å². The van der Waals surface area contributed by atoms with Crippen LogP contribution in [0, 0.1) is 5.92 Å². The molecule has 0 spiro atoms. The predicted octanol–water partition coefficient (Wildman–Crippen LogP) is 4.02. The van der Waals surface area contributed by atoms with Gasteiger partial charge in [-0.3, -0.25) is 4.98 Å². The minimum absolute atomic E-state index is 0.806. The quantitative estimate of drug-likeness (QED) is 0.834. The second kappa shape index (κ2) is 8.17. The van der Waals surface area contributed by atoms with Crippen molar-refractivity contribution in [3.8, 4) is 11.1 Å². The summed E-state index contributed by atoms with van der Waals surface area (Å²) in [5.41, 5.74) is 3.70. The van der Waals surface area contributed by atoms with Crippen LogP contribution >= 0.6 is 0 Å². The highest BCUT2D eigenvalue weighted by Crippen LogP contribution is 2.30. The summed E-state index contributed by atoms with van der Waals surface area (Å²) in [6, 6.07) is 8.73. The van der Waals surface area contributed by atoms with Crippen LogP contribution in [0.2, 0.25) is 0 Å². The Bertz CT molecular complexity index is 701. The lowest BCUT2D eigenvalue weighted by molar-refractivity contribution is 0.312. The van der Waals surface area contributed by atoms with Gasteiger partial charge in [0.2, 0.25) is 0 Å². The van der Waals surface area contributed by atoms with Crippen molar-refractivity contribution >= 4 is 5.82 Å². The van der Waals surface area contributed by atoms with Gasteiger partial charge in [-0.15, -0.1) is 0 Å². The van der Waals surface area contributed by atoms with Crippen LogP contribution in [0.15, 0.2) is 36.7 Å². The molecule has 2 fully saturated rings. The Kier molecular flexibility index (Phi) is 5.49. The molecule has 2 aromatic rings. The maximum Gasteiger partial charge on any atom is 0.129 e.